The SMILES string of the molecule is CC(=O)NCCNc1nccc2c(N)ccc(F)c12. The number of rotatable bonds is 4. The summed E-state index contributed by atoms with van der Waals surface area (Å²) in [5.41, 5.74) is 6.31. The monoisotopic (exact) mass is 262 g/mol. The van der Waals surface area contributed by atoms with Crippen LogP contribution >= 0.6 is 0 Å². The lowest BCUT2D eigenvalue weighted by molar-refractivity contribution is -0.118. The third-order valence-corrected chi connectivity index (χ3v) is 2.70. The van der Waals surface area contributed by atoms with Crippen molar-refractivity contribution in [3.63, 3.8) is 0 Å². The molecule has 0 unspecified atom stereocenters. The molecule has 0 fully saturated rings. The predicted molar refractivity (Wildman–Crippen MR) is 73.3 cm³/mol. The van der Waals surface area contributed by atoms with Crippen LogP contribution in [0.5, 0.6) is 0 Å². The average Bonchev–Trinajstić information content (AvgIpc) is 2.39. The normalized spacial score (nSPS) is 10.4. The highest BCUT2D eigenvalue weighted by molar-refractivity contribution is 5.99. The molecular weight excluding hydrogens is 247 g/mol. The summed E-state index contributed by atoms with van der Waals surface area (Å²) < 4.78 is 13.9. The number of aromatic nitrogens is 1. The Morgan fingerprint density at radius 2 is 2.16 bits per heavy atom. The standard InChI is InChI=1S/C13H15FN4O/c1-8(19)16-6-7-18-13-12-9(4-5-17-13)11(15)3-2-10(12)14/h2-5H,6-7,15H2,1H3,(H,16,19)(H,17,18). The van der Waals surface area contributed by atoms with Gasteiger partial charge in [-0.25, -0.2) is 9.37 Å². The van der Waals surface area contributed by atoms with Gasteiger partial charge in [0.05, 0.1) is 5.39 Å². The number of halogens is 1. The van der Waals surface area contributed by atoms with E-state index in [2.05, 4.69) is 15.6 Å². The molecule has 4 N–H and O–H groups in total. The maximum atomic E-state index is 13.9. The molecule has 5 nitrogen and oxygen atoms in total. The van der Waals surface area contributed by atoms with Crippen LogP contribution in [0.25, 0.3) is 10.8 Å². The van der Waals surface area contributed by atoms with Crippen molar-refractivity contribution in [1.82, 2.24) is 10.3 Å². The molecule has 100 valence electrons. The Balaban J connectivity index is 2.23. The van der Waals surface area contributed by atoms with Crippen LogP contribution in [0.15, 0.2) is 24.4 Å². The first-order valence-corrected chi connectivity index (χ1v) is 5.90. The molecule has 0 aliphatic carbocycles. The van der Waals surface area contributed by atoms with Crippen LogP contribution in [0.1, 0.15) is 6.92 Å². The van der Waals surface area contributed by atoms with Crippen LogP contribution in [-0.2, 0) is 4.79 Å². The minimum atomic E-state index is -0.376. The molecule has 0 aliphatic heterocycles. The van der Waals surface area contributed by atoms with Crippen molar-refractivity contribution in [3.05, 3.63) is 30.2 Å². The second-order valence-electron chi connectivity index (χ2n) is 4.13. The lowest BCUT2D eigenvalue weighted by atomic mass is 10.1. The van der Waals surface area contributed by atoms with E-state index in [1.54, 1.807) is 12.3 Å². The zero-order valence-electron chi connectivity index (χ0n) is 10.5. The van der Waals surface area contributed by atoms with Gasteiger partial charge in [-0.05, 0) is 18.2 Å². The molecule has 1 amide bonds. The number of carbonyl (C=O) groups excluding carboxylic acids is 1. The Morgan fingerprint density at radius 1 is 1.37 bits per heavy atom. The van der Waals surface area contributed by atoms with Gasteiger partial charge < -0.3 is 16.4 Å². The topological polar surface area (TPSA) is 80.0 Å². The van der Waals surface area contributed by atoms with Gasteiger partial charge >= 0.3 is 0 Å². The second-order valence-corrected chi connectivity index (χ2v) is 4.13. The molecule has 1 heterocycles. The highest BCUT2D eigenvalue weighted by atomic mass is 19.1. The fraction of sp³-hybridized carbons (Fsp3) is 0.231. The fourth-order valence-corrected chi connectivity index (χ4v) is 1.83. The first-order chi connectivity index (χ1) is 9.09. The summed E-state index contributed by atoms with van der Waals surface area (Å²) in [5, 5.41) is 6.62. The first-order valence-electron chi connectivity index (χ1n) is 5.90. The summed E-state index contributed by atoms with van der Waals surface area (Å²) in [6.07, 6.45) is 1.57. The third kappa shape index (κ3) is 2.90. The van der Waals surface area contributed by atoms with Crippen molar-refractivity contribution in [1.29, 1.82) is 0 Å². The number of anilines is 2. The Bertz CT molecular complexity index is 615. The van der Waals surface area contributed by atoms with E-state index in [1.807, 2.05) is 0 Å². The van der Waals surface area contributed by atoms with Crippen molar-refractivity contribution in [2.75, 3.05) is 24.1 Å². The number of nitrogens with zero attached hydrogens (tertiary/aromatic N) is 1. The smallest absolute Gasteiger partial charge is 0.216 e. The van der Waals surface area contributed by atoms with Gasteiger partial charge in [0.1, 0.15) is 11.6 Å². The lowest BCUT2D eigenvalue weighted by Gasteiger charge is -2.10. The van der Waals surface area contributed by atoms with Crippen LogP contribution in [0.4, 0.5) is 15.9 Å². The molecule has 2 aromatic rings. The van der Waals surface area contributed by atoms with E-state index < -0.39 is 0 Å². The van der Waals surface area contributed by atoms with Crippen molar-refractivity contribution in [2.45, 2.75) is 6.92 Å². The molecule has 6 heteroatoms. The summed E-state index contributed by atoms with van der Waals surface area (Å²) in [5.74, 6) is -0.0601. The molecule has 19 heavy (non-hydrogen) atoms. The summed E-state index contributed by atoms with van der Waals surface area (Å²) >= 11 is 0. The highest BCUT2D eigenvalue weighted by Crippen LogP contribution is 2.28. The van der Waals surface area contributed by atoms with E-state index in [1.165, 1.54) is 19.1 Å². The third-order valence-electron chi connectivity index (χ3n) is 2.70. The van der Waals surface area contributed by atoms with Gasteiger partial charge in [0, 0.05) is 37.3 Å². The summed E-state index contributed by atoms with van der Waals surface area (Å²) in [6, 6.07) is 4.52. The van der Waals surface area contributed by atoms with Gasteiger partial charge in [-0.15, -0.1) is 0 Å². The molecule has 0 atom stereocenters. The molecular formula is C13H15FN4O. The fourth-order valence-electron chi connectivity index (χ4n) is 1.83. The summed E-state index contributed by atoms with van der Waals surface area (Å²) in [6.45, 7) is 2.34. The van der Waals surface area contributed by atoms with E-state index in [4.69, 9.17) is 5.73 Å². The van der Waals surface area contributed by atoms with Crippen LogP contribution in [0, 0.1) is 5.82 Å². The molecule has 0 spiro atoms. The Labute approximate surface area is 110 Å². The van der Waals surface area contributed by atoms with Crippen molar-refractivity contribution < 1.29 is 9.18 Å². The number of hydrogen-bond acceptors (Lipinski definition) is 4. The molecule has 2 rings (SSSR count). The number of nitrogens with two attached hydrogens (primary N) is 1. The number of benzene rings is 1. The Morgan fingerprint density at radius 3 is 2.89 bits per heavy atom. The largest absolute Gasteiger partial charge is 0.398 e. The van der Waals surface area contributed by atoms with Crippen molar-refractivity contribution in [2.24, 2.45) is 0 Å². The lowest BCUT2D eigenvalue weighted by Crippen LogP contribution is -2.26. The minimum absolute atomic E-state index is 0.108. The zero-order valence-corrected chi connectivity index (χ0v) is 10.5. The predicted octanol–water partition coefficient (Wildman–Crippen LogP) is 1.50. The van der Waals surface area contributed by atoms with E-state index in [0.717, 1.165) is 0 Å². The molecule has 0 bridgehead atoms. The molecule has 1 aromatic carbocycles. The zero-order chi connectivity index (χ0) is 13.8. The van der Waals surface area contributed by atoms with Crippen LogP contribution < -0.4 is 16.4 Å². The van der Waals surface area contributed by atoms with Gasteiger partial charge in [-0.3, -0.25) is 4.79 Å². The van der Waals surface area contributed by atoms with Crippen LogP contribution in [-0.4, -0.2) is 24.0 Å². The van der Waals surface area contributed by atoms with E-state index in [0.29, 0.717) is 35.4 Å². The maximum absolute atomic E-state index is 13.9. The van der Waals surface area contributed by atoms with Gasteiger partial charge in [-0.1, -0.05) is 0 Å². The molecule has 0 saturated carbocycles. The molecule has 1 aromatic heterocycles. The quantitative estimate of drug-likeness (QED) is 0.576. The first kappa shape index (κ1) is 13.1. The van der Waals surface area contributed by atoms with Crippen molar-refractivity contribution >= 4 is 28.2 Å². The summed E-state index contributed by atoms with van der Waals surface area (Å²) in [4.78, 5) is 14.8. The number of nitrogen functional groups attached to an aromatic ring is 1. The Kier molecular flexibility index (Phi) is 3.79. The minimum Gasteiger partial charge on any atom is -0.398 e. The highest BCUT2D eigenvalue weighted by Gasteiger charge is 2.09. The number of fused-ring (bicyclic) bond motifs is 1. The van der Waals surface area contributed by atoms with Crippen LogP contribution in [0.2, 0.25) is 0 Å². The maximum Gasteiger partial charge on any atom is 0.216 e. The van der Waals surface area contributed by atoms with E-state index in [-0.39, 0.29) is 11.7 Å². The number of amides is 1. The molecule has 0 radical (unpaired) electrons. The van der Waals surface area contributed by atoms with Gasteiger partial charge in [0.25, 0.3) is 0 Å². The van der Waals surface area contributed by atoms with E-state index in [9.17, 15) is 9.18 Å². The Hall–Kier alpha value is -2.37. The molecule has 0 saturated heterocycles. The van der Waals surface area contributed by atoms with Gasteiger partial charge in [-0.2, -0.15) is 0 Å². The number of pyridine rings is 1. The van der Waals surface area contributed by atoms with Crippen LogP contribution in [0.3, 0.4) is 0 Å². The van der Waals surface area contributed by atoms with Gasteiger partial charge in [0.15, 0.2) is 0 Å². The second kappa shape index (κ2) is 5.51. The van der Waals surface area contributed by atoms with Crippen molar-refractivity contribution in [3.8, 4) is 0 Å². The average molecular weight is 262 g/mol. The summed E-state index contributed by atoms with van der Waals surface area (Å²) in [7, 11) is 0. The number of hydrogen-bond donors (Lipinski definition) is 3. The number of carbonyl (C=O) groups is 1. The van der Waals surface area contributed by atoms with E-state index >= 15 is 0 Å². The molecule has 0 aliphatic rings. The number of nitrogens with one attached hydrogen (secondary N) is 2. The van der Waals surface area contributed by atoms with Gasteiger partial charge in [0.2, 0.25) is 5.91 Å².